The van der Waals surface area contributed by atoms with Gasteiger partial charge in [-0.05, 0) is 29.8 Å². The van der Waals surface area contributed by atoms with Crippen LogP contribution in [0.25, 0.3) is 0 Å². The van der Waals surface area contributed by atoms with Gasteiger partial charge in [0.25, 0.3) is 11.8 Å². The Morgan fingerprint density at radius 3 is 2.28 bits per heavy atom. The molecule has 0 aliphatic heterocycles. The first kappa shape index (κ1) is 27.3. The molecule has 3 heterocycles. The van der Waals surface area contributed by atoms with E-state index in [-0.39, 0.29) is 31.1 Å². The molecule has 0 saturated heterocycles. The molecular formula is C24H17F6N5O4. The summed E-state index contributed by atoms with van der Waals surface area (Å²) in [6, 6.07) is 2.94. The summed E-state index contributed by atoms with van der Waals surface area (Å²) < 4.78 is 97.0. The number of hydrogen-bond donors (Lipinski definition) is 0. The van der Waals surface area contributed by atoms with Crippen LogP contribution >= 0.6 is 0 Å². The Balaban J connectivity index is 1.37. The first-order chi connectivity index (χ1) is 18.5. The van der Waals surface area contributed by atoms with Gasteiger partial charge < -0.3 is 14.2 Å². The van der Waals surface area contributed by atoms with Gasteiger partial charge in [0, 0.05) is 30.6 Å². The van der Waals surface area contributed by atoms with Crippen LogP contribution in [0, 0.1) is 17.5 Å². The quantitative estimate of drug-likeness (QED) is 0.283. The zero-order valence-corrected chi connectivity index (χ0v) is 19.9. The number of ether oxygens (including phenoxy) is 3. The number of alkyl halides is 3. The summed E-state index contributed by atoms with van der Waals surface area (Å²) in [5.74, 6) is -5.12. The molecule has 204 valence electrons. The highest BCUT2D eigenvalue weighted by molar-refractivity contribution is 5.35. The largest absolute Gasteiger partial charge is 0.475 e. The minimum Gasteiger partial charge on any atom is -0.475 e. The monoisotopic (exact) mass is 553 g/mol. The fourth-order valence-electron chi connectivity index (χ4n) is 3.23. The Morgan fingerprint density at radius 1 is 0.897 bits per heavy atom. The van der Waals surface area contributed by atoms with Crippen LogP contribution in [0.4, 0.5) is 26.3 Å². The molecule has 0 amide bonds. The summed E-state index contributed by atoms with van der Waals surface area (Å²) in [6.45, 7) is -0.268. The van der Waals surface area contributed by atoms with E-state index in [0.717, 1.165) is 29.1 Å². The zero-order valence-electron chi connectivity index (χ0n) is 19.9. The standard InChI is InChI=1S/C24H17F6N5O4/c1-37-22-32-9-14(10-33-22)11-35-12-19(27)21(34-23(35)36)38-5-4-13-6-18(26)20(31-8-13)39-15-2-3-17(25)16(7-15)24(28,29)30/h2-3,6-10,12H,4-5,11H2,1H3. The molecule has 0 radical (unpaired) electrons. The van der Waals surface area contributed by atoms with Gasteiger partial charge in [-0.25, -0.2) is 28.5 Å². The van der Waals surface area contributed by atoms with Crippen molar-refractivity contribution >= 4 is 0 Å². The molecule has 0 spiro atoms. The van der Waals surface area contributed by atoms with Crippen molar-refractivity contribution in [1.29, 1.82) is 0 Å². The third kappa shape index (κ3) is 6.80. The maximum atomic E-state index is 14.4. The van der Waals surface area contributed by atoms with Crippen molar-refractivity contribution in [2.24, 2.45) is 0 Å². The van der Waals surface area contributed by atoms with Gasteiger partial charge in [0.05, 0.1) is 32.0 Å². The second kappa shape index (κ2) is 11.4. The lowest BCUT2D eigenvalue weighted by Crippen LogP contribution is -2.25. The van der Waals surface area contributed by atoms with Crippen LogP contribution in [0.15, 0.2) is 53.8 Å². The van der Waals surface area contributed by atoms with E-state index < -0.39 is 52.4 Å². The van der Waals surface area contributed by atoms with E-state index >= 15 is 0 Å². The molecule has 0 aliphatic rings. The van der Waals surface area contributed by atoms with Crippen molar-refractivity contribution in [3.8, 4) is 23.5 Å². The van der Waals surface area contributed by atoms with Crippen molar-refractivity contribution in [3.63, 3.8) is 0 Å². The van der Waals surface area contributed by atoms with E-state index in [0.29, 0.717) is 17.7 Å². The molecule has 0 unspecified atom stereocenters. The lowest BCUT2D eigenvalue weighted by atomic mass is 10.2. The van der Waals surface area contributed by atoms with E-state index in [9.17, 15) is 31.1 Å². The molecule has 15 heteroatoms. The van der Waals surface area contributed by atoms with Gasteiger partial charge in [-0.3, -0.25) is 4.57 Å². The predicted molar refractivity (Wildman–Crippen MR) is 121 cm³/mol. The van der Waals surface area contributed by atoms with Crippen LogP contribution in [-0.2, 0) is 19.1 Å². The molecule has 0 aliphatic carbocycles. The van der Waals surface area contributed by atoms with Gasteiger partial charge in [0.2, 0.25) is 5.82 Å². The number of pyridine rings is 1. The summed E-state index contributed by atoms with van der Waals surface area (Å²) in [6.07, 6.45) is -0.0824. The number of nitrogens with zero attached hydrogens (tertiary/aromatic N) is 5. The van der Waals surface area contributed by atoms with Crippen molar-refractivity contribution in [2.45, 2.75) is 19.1 Å². The van der Waals surface area contributed by atoms with Gasteiger partial charge in [-0.15, -0.1) is 0 Å². The Labute approximate surface area is 215 Å². The van der Waals surface area contributed by atoms with Crippen molar-refractivity contribution in [2.75, 3.05) is 13.7 Å². The van der Waals surface area contributed by atoms with Crippen molar-refractivity contribution in [1.82, 2.24) is 24.5 Å². The minimum atomic E-state index is -4.97. The van der Waals surface area contributed by atoms with Crippen LogP contribution in [0.2, 0.25) is 0 Å². The normalized spacial score (nSPS) is 11.4. The molecule has 9 nitrogen and oxygen atoms in total. The molecule has 39 heavy (non-hydrogen) atoms. The van der Waals surface area contributed by atoms with Gasteiger partial charge in [0.1, 0.15) is 11.6 Å². The van der Waals surface area contributed by atoms with E-state index in [1.54, 1.807) is 0 Å². The molecule has 0 atom stereocenters. The van der Waals surface area contributed by atoms with Crippen LogP contribution in [0.1, 0.15) is 16.7 Å². The molecule has 0 saturated carbocycles. The summed E-state index contributed by atoms with van der Waals surface area (Å²) in [5, 5.41) is 0. The molecule has 0 fully saturated rings. The van der Waals surface area contributed by atoms with Gasteiger partial charge >= 0.3 is 17.9 Å². The molecule has 4 aromatic rings. The van der Waals surface area contributed by atoms with E-state index in [2.05, 4.69) is 19.9 Å². The highest BCUT2D eigenvalue weighted by Crippen LogP contribution is 2.35. The number of aromatic nitrogens is 5. The van der Waals surface area contributed by atoms with Crippen LogP contribution in [0.3, 0.4) is 0 Å². The molecule has 1 aromatic carbocycles. The SMILES string of the molecule is COc1ncc(Cn2cc(F)c(OCCc3cnc(Oc4ccc(F)c(C(F)(F)F)c4)c(F)c3)nc2=O)cn1. The topological polar surface area (TPSA) is 101 Å². The molecule has 3 aromatic heterocycles. The van der Waals surface area contributed by atoms with Crippen LogP contribution in [-0.4, -0.2) is 38.2 Å². The summed E-state index contributed by atoms with van der Waals surface area (Å²) >= 11 is 0. The summed E-state index contributed by atoms with van der Waals surface area (Å²) in [7, 11) is 1.39. The van der Waals surface area contributed by atoms with Gasteiger partial charge in [-0.1, -0.05) is 0 Å². The van der Waals surface area contributed by atoms with Crippen molar-refractivity contribution in [3.05, 3.63) is 93.7 Å². The first-order valence-electron chi connectivity index (χ1n) is 11.0. The fourth-order valence-corrected chi connectivity index (χ4v) is 3.23. The highest BCUT2D eigenvalue weighted by Gasteiger charge is 2.34. The summed E-state index contributed by atoms with van der Waals surface area (Å²) in [4.78, 5) is 27.3. The van der Waals surface area contributed by atoms with E-state index in [1.807, 2.05) is 0 Å². The van der Waals surface area contributed by atoms with E-state index in [4.69, 9.17) is 14.2 Å². The Kier molecular flexibility index (Phi) is 7.97. The maximum absolute atomic E-state index is 14.4. The molecule has 0 bridgehead atoms. The van der Waals surface area contributed by atoms with Crippen molar-refractivity contribution < 1.29 is 40.6 Å². The Morgan fingerprint density at radius 2 is 1.62 bits per heavy atom. The second-order valence-electron chi connectivity index (χ2n) is 7.85. The lowest BCUT2D eigenvalue weighted by Gasteiger charge is -2.12. The minimum absolute atomic E-state index is 0.00631. The van der Waals surface area contributed by atoms with Crippen LogP contribution in [0.5, 0.6) is 23.5 Å². The average Bonchev–Trinajstić information content (AvgIpc) is 2.89. The first-order valence-corrected chi connectivity index (χ1v) is 11.0. The number of hydrogen-bond acceptors (Lipinski definition) is 8. The molecular weight excluding hydrogens is 536 g/mol. The average molecular weight is 553 g/mol. The highest BCUT2D eigenvalue weighted by atomic mass is 19.4. The third-order valence-corrected chi connectivity index (χ3v) is 5.08. The van der Waals surface area contributed by atoms with E-state index in [1.165, 1.54) is 19.5 Å². The predicted octanol–water partition coefficient (Wildman–Crippen LogP) is 4.34. The number of benzene rings is 1. The maximum Gasteiger partial charge on any atom is 0.419 e. The van der Waals surface area contributed by atoms with Gasteiger partial charge in [-0.2, -0.15) is 22.5 Å². The van der Waals surface area contributed by atoms with Crippen LogP contribution < -0.4 is 19.9 Å². The number of rotatable bonds is 9. The second-order valence-corrected chi connectivity index (χ2v) is 7.85. The van der Waals surface area contributed by atoms with Gasteiger partial charge in [0.15, 0.2) is 5.82 Å². The molecule has 0 N–H and O–H groups in total. The fraction of sp³-hybridized carbons (Fsp3) is 0.208. The Bertz CT molecular complexity index is 1530. The Hall–Kier alpha value is -4.69. The third-order valence-electron chi connectivity index (χ3n) is 5.08. The smallest absolute Gasteiger partial charge is 0.419 e. The zero-order chi connectivity index (χ0) is 28.2. The number of halogens is 6. The summed E-state index contributed by atoms with van der Waals surface area (Å²) in [5.41, 5.74) is -1.61. The number of methoxy groups -OCH3 is 1. The lowest BCUT2D eigenvalue weighted by molar-refractivity contribution is -0.140. The molecule has 4 rings (SSSR count).